The van der Waals surface area contributed by atoms with Gasteiger partial charge in [0.2, 0.25) is 0 Å². The number of carbonyl (C=O) groups excluding carboxylic acids is 1. The summed E-state index contributed by atoms with van der Waals surface area (Å²) < 4.78 is 0. The minimum Gasteiger partial charge on any atom is -0.465 e. The Labute approximate surface area is 173 Å². The van der Waals surface area contributed by atoms with Crippen LogP contribution in [0.1, 0.15) is 38.3 Å². The molecule has 0 bridgehead atoms. The van der Waals surface area contributed by atoms with Crippen LogP contribution in [0.2, 0.25) is 0 Å². The van der Waals surface area contributed by atoms with Crippen LogP contribution in [-0.4, -0.2) is 32.6 Å². The molecule has 158 valence electrons. The number of nitro groups is 1. The number of hydrogen-bond donors (Lipinski definition) is 2. The van der Waals surface area contributed by atoms with Gasteiger partial charge in [0, 0.05) is 18.3 Å². The van der Waals surface area contributed by atoms with E-state index in [1.807, 2.05) is 6.92 Å². The molecule has 1 atom stereocenters. The van der Waals surface area contributed by atoms with E-state index in [1.54, 1.807) is 45.2 Å². The second-order valence-electron chi connectivity index (χ2n) is 8.47. The number of carboxylic acid groups (broad SMARTS) is 1. The van der Waals surface area contributed by atoms with Crippen molar-refractivity contribution in [2.24, 2.45) is 5.41 Å². The summed E-state index contributed by atoms with van der Waals surface area (Å²) in [6.07, 6.45) is 0.890. The standard InChI is InChI=1S/C21H24N4O5/c1-13-5-8-17(22-12-13)23-18(26)21(20(2,3)4)10-9-14-6-7-15(25(29)30)11-16(14)24(21)19(27)28/h5-8,11-12H,9-10H2,1-4H3,(H,27,28)(H,22,23,26). The van der Waals surface area contributed by atoms with Crippen LogP contribution < -0.4 is 10.2 Å². The molecule has 0 fully saturated rings. The van der Waals surface area contributed by atoms with Gasteiger partial charge in [0.1, 0.15) is 11.4 Å². The van der Waals surface area contributed by atoms with Crippen LogP contribution in [0.25, 0.3) is 0 Å². The Morgan fingerprint density at radius 1 is 1.27 bits per heavy atom. The first-order valence-corrected chi connectivity index (χ1v) is 9.52. The Kier molecular flexibility index (Phi) is 5.23. The quantitative estimate of drug-likeness (QED) is 0.576. The Morgan fingerprint density at radius 2 is 1.97 bits per heavy atom. The Hall–Kier alpha value is -3.49. The molecule has 1 aromatic carbocycles. The number of nitro benzene ring substituents is 1. The zero-order valence-electron chi connectivity index (χ0n) is 17.3. The van der Waals surface area contributed by atoms with Crippen molar-refractivity contribution < 1.29 is 19.6 Å². The Balaban J connectivity index is 2.16. The summed E-state index contributed by atoms with van der Waals surface area (Å²) in [5.41, 5.74) is -0.820. The van der Waals surface area contributed by atoms with Gasteiger partial charge >= 0.3 is 6.09 Å². The van der Waals surface area contributed by atoms with Gasteiger partial charge in [0.25, 0.3) is 11.6 Å². The van der Waals surface area contributed by atoms with Crippen LogP contribution in [0, 0.1) is 22.5 Å². The fourth-order valence-corrected chi connectivity index (χ4v) is 4.01. The number of non-ortho nitro benzene ring substituents is 1. The number of rotatable bonds is 3. The second-order valence-corrected chi connectivity index (χ2v) is 8.47. The fraction of sp³-hybridized carbons (Fsp3) is 0.381. The first-order valence-electron chi connectivity index (χ1n) is 9.52. The van der Waals surface area contributed by atoms with Gasteiger partial charge in [0.15, 0.2) is 0 Å². The zero-order chi connectivity index (χ0) is 22.3. The minimum atomic E-state index is -1.49. The molecule has 0 spiro atoms. The van der Waals surface area contributed by atoms with E-state index in [-0.39, 0.29) is 17.8 Å². The summed E-state index contributed by atoms with van der Waals surface area (Å²) >= 11 is 0. The van der Waals surface area contributed by atoms with Crippen LogP contribution >= 0.6 is 0 Å². The van der Waals surface area contributed by atoms with Crippen molar-refractivity contribution in [1.29, 1.82) is 0 Å². The molecule has 1 aromatic heterocycles. The summed E-state index contributed by atoms with van der Waals surface area (Å²) in [6, 6.07) is 7.56. The monoisotopic (exact) mass is 412 g/mol. The van der Waals surface area contributed by atoms with Crippen molar-refractivity contribution in [1.82, 2.24) is 4.98 Å². The average molecular weight is 412 g/mol. The number of aromatic nitrogens is 1. The first-order chi connectivity index (χ1) is 14.0. The highest BCUT2D eigenvalue weighted by Gasteiger charge is 2.57. The summed E-state index contributed by atoms with van der Waals surface area (Å²) in [5, 5.41) is 24.2. The van der Waals surface area contributed by atoms with E-state index in [9.17, 15) is 24.8 Å². The Morgan fingerprint density at radius 3 is 2.50 bits per heavy atom. The lowest BCUT2D eigenvalue weighted by Crippen LogP contribution is -2.67. The minimum absolute atomic E-state index is 0.157. The smallest absolute Gasteiger partial charge is 0.412 e. The van der Waals surface area contributed by atoms with Crippen LogP contribution in [0.15, 0.2) is 36.5 Å². The van der Waals surface area contributed by atoms with Crippen molar-refractivity contribution in [3.05, 3.63) is 57.8 Å². The summed E-state index contributed by atoms with van der Waals surface area (Å²) in [4.78, 5) is 41.9. The topological polar surface area (TPSA) is 126 Å². The van der Waals surface area contributed by atoms with Crippen molar-refractivity contribution in [2.75, 3.05) is 10.2 Å². The van der Waals surface area contributed by atoms with E-state index < -0.39 is 27.9 Å². The van der Waals surface area contributed by atoms with Crippen LogP contribution in [-0.2, 0) is 11.2 Å². The largest absolute Gasteiger partial charge is 0.465 e. The predicted octanol–water partition coefficient (Wildman–Crippen LogP) is 4.15. The van der Waals surface area contributed by atoms with E-state index in [1.165, 1.54) is 12.1 Å². The van der Waals surface area contributed by atoms with Gasteiger partial charge in [0.05, 0.1) is 10.6 Å². The van der Waals surface area contributed by atoms with Gasteiger partial charge < -0.3 is 10.4 Å². The molecular formula is C21H24N4O5. The molecule has 0 saturated carbocycles. The number of hydrogen-bond acceptors (Lipinski definition) is 5. The van der Waals surface area contributed by atoms with Gasteiger partial charge in [-0.3, -0.25) is 19.8 Å². The molecule has 0 aliphatic carbocycles. The first kappa shape index (κ1) is 21.2. The van der Waals surface area contributed by atoms with Gasteiger partial charge in [-0.25, -0.2) is 9.78 Å². The lowest BCUT2D eigenvalue weighted by atomic mass is 9.66. The SMILES string of the molecule is Cc1ccc(NC(=O)C2(C(C)(C)C)CCc3ccc([N+](=O)[O-])cc3N2C(=O)O)nc1. The molecule has 1 unspecified atom stereocenters. The summed E-state index contributed by atoms with van der Waals surface area (Å²) in [7, 11) is 0. The number of nitrogens with zero attached hydrogens (tertiary/aromatic N) is 3. The lowest BCUT2D eigenvalue weighted by Gasteiger charge is -2.52. The van der Waals surface area contributed by atoms with E-state index in [4.69, 9.17) is 0 Å². The lowest BCUT2D eigenvalue weighted by molar-refractivity contribution is -0.384. The normalized spacial score (nSPS) is 18.5. The Bertz CT molecular complexity index is 1010. The molecule has 2 heterocycles. The van der Waals surface area contributed by atoms with Crippen molar-refractivity contribution in [3.63, 3.8) is 0 Å². The molecule has 3 rings (SSSR count). The molecule has 0 saturated heterocycles. The number of amides is 2. The van der Waals surface area contributed by atoms with E-state index in [0.717, 1.165) is 10.5 Å². The van der Waals surface area contributed by atoms with Crippen molar-refractivity contribution in [2.45, 2.75) is 46.1 Å². The zero-order valence-corrected chi connectivity index (χ0v) is 17.3. The molecule has 1 aliphatic rings. The van der Waals surface area contributed by atoms with Crippen LogP contribution in [0.5, 0.6) is 0 Å². The van der Waals surface area contributed by atoms with Gasteiger partial charge in [-0.05, 0) is 42.4 Å². The third-order valence-corrected chi connectivity index (χ3v) is 5.62. The highest BCUT2D eigenvalue weighted by molar-refractivity contribution is 6.07. The second kappa shape index (κ2) is 7.40. The maximum Gasteiger partial charge on any atom is 0.412 e. The number of carbonyl (C=O) groups is 2. The molecule has 9 heteroatoms. The summed E-state index contributed by atoms with van der Waals surface area (Å²) in [6.45, 7) is 7.22. The highest BCUT2D eigenvalue weighted by Crippen LogP contribution is 2.48. The predicted molar refractivity (Wildman–Crippen MR) is 112 cm³/mol. The third-order valence-electron chi connectivity index (χ3n) is 5.62. The highest BCUT2D eigenvalue weighted by atomic mass is 16.6. The molecule has 2 aromatic rings. The number of pyridine rings is 1. The van der Waals surface area contributed by atoms with Crippen LogP contribution in [0.3, 0.4) is 0 Å². The number of anilines is 2. The van der Waals surface area contributed by atoms with Gasteiger partial charge in [-0.1, -0.05) is 32.9 Å². The van der Waals surface area contributed by atoms with E-state index in [0.29, 0.717) is 17.8 Å². The molecule has 9 nitrogen and oxygen atoms in total. The maximum atomic E-state index is 13.6. The van der Waals surface area contributed by atoms with E-state index in [2.05, 4.69) is 10.3 Å². The van der Waals surface area contributed by atoms with Gasteiger partial charge in [-0.2, -0.15) is 0 Å². The number of aryl methyl sites for hydroxylation is 2. The number of fused-ring (bicyclic) bond motifs is 1. The molecule has 2 N–H and O–H groups in total. The fourth-order valence-electron chi connectivity index (χ4n) is 4.01. The summed E-state index contributed by atoms with van der Waals surface area (Å²) in [5.74, 6) is -0.213. The molecular weight excluding hydrogens is 388 g/mol. The number of nitrogens with one attached hydrogen (secondary N) is 1. The van der Waals surface area contributed by atoms with Gasteiger partial charge in [-0.15, -0.1) is 0 Å². The molecule has 1 aliphatic heterocycles. The third kappa shape index (κ3) is 3.47. The van der Waals surface area contributed by atoms with Crippen molar-refractivity contribution >= 4 is 29.2 Å². The van der Waals surface area contributed by atoms with Crippen molar-refractivity contribution in [3.8, 4) is 0 Å². The molecule has 30 heavy (non-hydrogen) atoms. The maximum absolute atomic E-state index is 13.6. The number of benzene rings is 1. The van der Waals surface area contributed by atoms with Crippen LogP contribution in [0.4, 0.5) is 22.0 Å². The van der Waals surface area contributed by atoms with E-state index >= 15 is 0 Å². The molecule has 0 radical (unpaired) electrons. The molecule has 2 amide bonds. The average Bonchev–Trinajstić information content (AvgIpc) is 2.66.